The number of benzene rings is 2. The summed E-state index contributed by atoms with van der Waals surface area (Å²) < 4.78 is 11.3. The normalized spacial score (nSPS) is 10.2. The van der Waals surface area contributed by atoms with Gasteiger partial charge in [-0.2, -0.15) is 0 Å². The van der Waals surface area contributed by atoms with E-state index in [1.807, 2.05) is 6.07 Å². The summed E-state index contributed by atoms with van der Waals surface area (Å²) in [5, 5.41) is 0.480. The molecule has 2 N–H and O–H groups in total. The summed E-state index contributed by atoms with van der Waals surface area (Å²) in [6.45, 7) is 0.164. The minimum Gasteiger partial charge on any atom is -0.487 e. The van der Waals surface area contributed by atoms with Crippen LogP contribution in [0.25, 0.3) is 0 Å². The van der Waals surface area contributed by atoms with Crippen molar-refractivity contribution in [3.8, 4) is 5.75 Å². The van der Waals surface area contributed by atoms with Crippen LogP contribution >= 0.6 is 27.5 Å². The third-order valence-corrected chi connectivity index (χ3v) is 3.64. The Kier molecular flexibility index (Phi) is 5.09. The maximum Gasteiger partial charge on any atom is 0.340 e. The largest absolute Gasteiger partial charge is 0.487 e. The van der Waals surface area contributed by atoms with Gasteiger partial charge in [-0.1, -0.05) is 39.7 Å². The number of ether oxygens (including phenoxy) is 2. The van der Waals surface area contributed by atoms with Crippen LogP contribution in [0.15, 0.2) is 40.9 Å². The van der Waals surface area contributed by atoms with Gasteiger partial charge >= 0.3 is 5.97 Å². The van der Waals surface area contributed by atoms with Gasteiger partial charge in [-0.3, -0.25) is 0 Å². The van der Waals surface area contributed by atoms with Crippen molar-refractivity contribution < 1.29 is 14.3 Å². The molecule has 0 heterocycles. The molecule has 0 aliphatic heterocycles. The van der Waals surface area contributed by atoms with E-state index < -0.39 is 5.97 Å². The molecular weight excluding hydrogens is 358 g/mol. The Hall–Kier alpha value is -1.72. The lowest BCUT2D eigenvalue weighted by Crippen LogP contribution is -2.11. The zero-order valence-electron chi connectivity index (χ0n) is 11.2. The van der Waals surface area contributed by atoms with Gasteiger partial charge in [0.15, 0.2) is 0 Å². The Labute approximate surface area is 135 Å². The average Bonchev–Trinajstić information content (AvgIpc) is 2.45. The number of carbonyl (C=O) groups is 1. The molecule has 0 saturated heterocycles. The van der Waals surface area contributed by atoms with Gasteiger partial charge in [-0.15, -0.1) is 0 Å². The number of hydrogen-bond acceptors (Lipinski definition) is 4. The van der Waals surface area contributed by atoms with Crippen LogP contribution in [0, 0.1) is 0 Å². The Balaban J connectivity index is 2.24. The smallest absolute Gasteiger partial charge is 0.340 e. The summed E-state index contributed by atoms with van der Waals surface area (Å²) in [5.41, 5.74) is 7.13. The lowest BCUT2D eigenvalue weighted by atomic mass is 10.1. The van der Waals surface area contributed by atoms with Crippen LogP contribution in [-0.2, 0) is 11.3 Å². The topological polar surface area (TPSA) is 61.5 Å². The van der Waals surface area contributed by atoms with Gasteiger partial charge in [0.2, 0.25) is 0 Å². The van der Waals surface area contributed by atoms with Crippen LogP contribution < -0.4 is 10.5 Å². The van der Waals surface area contributed by atoms with Crippen LogP contribution in [0.5, 0.6) is 5.75 Å². The summed E-state index contributed by atoms with van der Waals surface area (Å²) in [5.74, 6) is 0.0340. The molecule has 0 atom stereocenters. The Bertz CT molecular complexity index is 676. The molecule has 110 valence electrons. The molecule has 2 aromatic rings. The SMILES string of the molecule is COC(=O)c1c(N)cccc1COc1ccc(Br)cc1Cl. The third-order valence-electron chi connectivity index (χ3n) is 2.85. The van der Waals surface area contributed by atoms with Crippen LogP contribution in [0.4, 0.5) is 5.69 Å². The summed E-state index contributed by atoms with van der Waals surface area (Å²) in [6, 6.07) is 10.5. The molecule has 4 nitrogen and oxygen atoms in total. The molecule has 2 aromatic carbocycles. The van der Waals surface area contributed by atoms with Crippen molar-refractivity contribution in [1.82, 2.24) is 0 Å². The first-order valence-electron chi connectivity index (χ1n) is 6.06. The van der Waals surface area contributed by atoms with Gasteiger partial charge in [0.05, 0.1) is 17.7 Å². The third kappa shape index (κ3) is 3.68. The van der Waals surface area contributed by atoms with E-state index in [1.54, 1.807) is 30.3 Å². The van der Waals surface area contributed by atoms with Crippen molar-refractivity contribution in [2.75, 3.05) is 12.8 Å². The number of anilines is 1. The Morgan fingerprint density at radius 3 is 2.76 bits per heavy atom. The lowest BCUT2D eigenvalue weighted by molar-refractivity contribution is 0.0599. The zero-order chi connectivity index (χ0) is 15.4. The second kappa shape index (κ2) is 6.83. The van der Waals surface area contributed by atoms with Crippen molar-refractivity contribution in [2.45, 2.75) is 6.61 Å². The molecule has 0 amide bonds. The van der Waals surface area contributed by atoms with E-state index in [1.165, 1.54) is 7.11 Å². The molecule has 0 aliphatic carbocycles. The van der Waals surface area contributed by atoms with Crippen LogP contribution in [-0.4, -0.2) is 13.1 Å². The van der Waals surface area contributed by atoms with Crippen LogP contribution in [0.3, 0.4) is 0 Å². The molecule has 0 radical (unpaired) electrons. The number of nitrogens with two attached hydrogens (primary N) is 1. The lowest BCUT2D eigenvalue weighted by Gasteiger charge is -2.12. The number of nitrogen functional groups attached to an aromatic ring is 1. The molecule has 0 unspecified atom stereocenters. The van der Waals surface area contributed by atoms with E-state index >= 15 is 0 Å². The second-order valence-electron chi connectivity index (χ2n) is 4.24. The van der Waals surface area contributed by atoms with Crippen LogP contribution in [0.2, 0.25) is 5.02 Å². The summed E-state index contributed by atoms with van der Waals surface area (Å²) in [6.07, 6.45) is 0. The van der Waals surface area contributed by atoms with Gasteiger partial charge in [0.25, 0.3) is 0 Å². The average molecular weight is 371 g/mol. The van der Waals surface area contributed by atoms with Gasteiger partial charge in [-0.05, 0) is 24.3 Å². The zero-order valence-corrected chi connectivity index (χ0v) is 13.6. The molecule has 6 heteroatoms. The molecular formula is C15H13BrClNO3. The first-order valence-corrected chi connectivity index (χ1v) is 7.23. The summed E-state index contributed by atoms with van der Waals surface area (Å²) in [7, 11) is 1.31. The molecule has 0 aromatic heterocycles. The van der Waals surface area contributed by atoms with Gasteiger partial charge in [0, 0.05) is 15.7 Å². The predicted octanol–water partition coefficient (Wildman–Crippen LogP) is 4.05. The van der Waals surface area contributed by atoms with Crippen LogP contribution in [0.1, 0.15) is 15.9 Å². The fraction of sp³-hybridized carbons (Fsp3) is 0.133. The number of methoxy groups -OCH3 is 1. The van der Waals surface area contributed by atoms with E-state index in [0.29, 0.717) is 27.6 Å². The Morgan fingerprint density at radius 2 is 2.10 bits per heavy atom. The highest BCUT2D eigenvalue weighted by Crippen LogP contribution is 2.29. The first kappa shape index (κ1) is 15.7. The van der Waals surface area contributed by atoms with E-state index in [9.17, 15) is 4.79 Å². The highest BCUT2D eigenvalue weighted by Gasteiger charge is 2.16. The molecule has 21 heavy (non-hydrogen) atoms. The summed E-state index contributed by atoms with van der Waals surface area (Å²) in [4.78, 5) is 11.8. The monoisotopic (exact) mass is 369 g/mol. The standard InChI is InChI=1S/C15H13BrClNO3/c1-20-15(19)14-9(3-2-4-12(14)18)8-21-13-6-5-10(16)7-11(13)17/h2-7H,8,18H2,1H3. The van der Waals surface area contributed by atoms with E-state index in [-0.39, 0.29) is 6.61 Å². The van der Waals surface area contributed by atoms with Gasteiger partial charge in [-0.25, -0.2) is 4.79 Å². The van der Waals surface area contributed by atoms with Gasteiger partial charge < -0.3 is 15.2 Å². The highest BCUT2D eigenvalue weighted by atomic mass is 79.9. The first-order chi connectivity index (χ1) is 10.0. The number of carbonyl (C=O) groups excluding carboxylic acids is 1. The molecule has 0 spiro atoms. The van der Waals surface area contributed by atoms with Gasteiger partial charge in [0.1, 0.15) is 12.4 Å². The maximum atomic E-state index is 11.8. The van der Waals surface area contributed by atoms with E-state index in [0.717, 1.165) is 4.47 Å². The van der Waals surface area contributed by atoms with E-state index in [4.69, 9.17) is 26.8 Å². The number of halogens is 2. The second-order valence-corrected chi connectivity index (χ2v) is 5.56. The molecule has 2 rings (SSSR count). The molecule has 0 saturated carbocycles. The predicted molar refractivity (Wildman–Crippen MR) is 85.7 cm³/mol. The fourth-order valence-electron chi connectivity index (χ4n) is 1.84. The van der Waals surface area contributed by atoms with Crippen molar-refractivity contribution >= 4 is 39.2 Å². The Morgan fingerprint density at radius 1 is 1.33 bits per heavy atom. The molecule has 0 aliphatic rings. The summed E-state index contributed by atoms with van der Waals surface area (Å²) >= 11 is 9.41. The van der Waals surface area contributed by atoms with Crippen molar-refractivity contribution in [3.63, 3.8) is 0 Å². The minimum atomic E-state index is -0.492. The van der Waals surface area contributed by atoms with Crippen molar-refractivity contribution in [3.05, 3.63) is 57.0 Å². The number of esters is 1. The molecule has 0 fully saturated rings. The van der Waals surface area contributed by atoms with Crippen molar-refractivity contribution in [1.29, 1.82) is 0 Å². The quantitative estimate of drug-likeness (QED) is 0.651. The number of hydrogen-bond donors (Lipinski definition) is 1. The fourth-order valence-corrected chi connectivity index (χ4v) is 2.57. The van der Waals surface area contributed by atoms with E-state index in [2.05, 4.69) is 15.9 Å². The van der Waals surface area contributed by atoms with Crippen molar-refractivity contribution in [2.24, 2.45) is 0 Å². The maximum absolute atomic E-state index is 11.8. The highest BCUT2D eigenvalue weighted by molar-refractivity contribution is 9.10. The molecule has 0 bridgehead atoms. The minimum absolute atomic E-state index is 0.164. The number of rotatable bonds is 4.